The Labute approximate surface area is 143 Å². The molecule has 2 aromatic rings. The van der Waals surface area contributed by atoms with Gasteiger partial charge in [-0.1, -0.05) is 12.1 Å². The van der Waals surface area contributed by atoms with Crippen LogP contribution in [-0.2, 0) is 11.3 Å². The van der Waals surface area contributed by atoms with Gasteiger partial charge in [0.1, 0.15) is 17.9 Å². The van der Waals surface area contributed by atoms with Crippen molar-refractivity contribution in [3.63, 3.8) is 0 Å². The van der Waals surface area contributed by atoms with Crippen LogP contribution in [0.2, 0.25) is 0 Å². The minimum atomic E-state index is -0.780. The maximum atomic E-state index is 12.2. The minimum absolute atomic E-state index is 0.00321. The maximum absolute atomic E-state index is 12.2. The van der Waals surface area contributed by atoms with Crippen molar-refractivity contribution in [1.82, 2.24) is 0 Å². The van der Waals surface area contributed by atoms with Crippen molar-refractivity contribution in [3.05, 3.63) is 69.3 Å². The summed E-state index contributed by atoms with van der Waals surface area (Å²) in [7, 11) is 0. The minimum Gasteiger partial charge on any atom is -0.493 e. The van der Waals surface area contributed by atoms with Crippen LogP contribution in [0.15, 0.2) is 42.5 Å². The number of ether oxygens (including phenoxy) is 2. The third-order valence-electron chi connectivity index (χ3n) is 3.33. The second-order valence-electron chi connectivity index (χ2n) is 4.97. The van der Waals surface area contributed by atoms with Crippen molar-refractivity contribution in [2.75, 3.05) is 6.61 Å². The van der Waals surface area contributed by atoms with Crippen LogP contribution < -0.4 is 10.5 Å². The van der Waals surface area contributed by atoms with Crippen molar-refractivity contribution in [3.8, 4) is 5.75 Å². The third kappa shape index (κ3) is 4.31. The Balaban J connectivity index is 2.20. The molecule has 0 saturated carbocycles. The number of nitro groups is 1. The molecular weight excluding hydrogens is 328 g/mol. The zero-order chi connectivity index (χ0) is 18.4. The fourth-order valence-electron chi connectivity index (χ4n) is 2.15. The molecule has 0 saturated heterocycles. The van der Waals surface area contributed by atoms with E-state index in [0.717, 1.165) is 6.07 Å². The fraction of sp³-hybridized carbons (Fsp3) is 0.176. The van der Waals surface area contributed by atoms with Gasteiger partial charge in [0.2, 0.25) is 5.91 Å². The number of amides is 1. The first-order valence-electron chi connectivity index (χ1n) is 7.40. The number of carbonyl (C=O) groups is 2. The number of carbonyl (C=O) groups excluding carboxylic acids is 2. The molecule has 0 heterocycles. The number of hydrogen-bond donors (Lipinski definition) is 1. The highest BCUT2D eigenvalue weighted by Gasteiger charge is 2.19. The lowest BCUT2D eigenvalue weighted by atomic mass is 10.1. The molecule has 0 atom stereocenters. The molecule has 0 aliphatic carbocycles. The van der Waals surface area contributed by atoms with Gasteiger partial charge in [0.25, 0.3) is 5.69 Å². The lowest BCUT2D eigenvalue weighted by molar-refractivity contribution is -0.385. The molecule has 0 aliphatic rings. The van der Waals surface area contributed by atoms with Crippen molar-refractivity contribution in [2.45, 2.75) is 13.5 Å². The molecule has 0 aromatic heterocycles. The molecule has 2 N–H and O–H groups in total. The van der Waals surface area contributed by atoms with E-state index >= 15 is 0 Å². The molecule has 0 unspecified atom stereocenters. The predicted molar refractivity (Wildman–Crippen MR) is 88.3 cm³/mol. The lowest BCUT2D eigenvalue weighted by Crippen LogP contribution is -2.12. The van der Waals surface area contributed by atoms with E-state index in [1.165, 1.54) is 18.2 Å². The summed E-state index contributed by atoms with van der Waals surface area (Å²) < 4.78 is 10.5. The second kappa shape index (κ2) is 7.91. The quantitative estimate of drug-likeness (QED) is 0.468. The molecule has 0 fully saturated rings. The number of nitrogens with two attached hydrogens (primary N) is 1. The van der Waals surface area contributed by atoms with Crippen LogP contribution in [0.25, 0.3) is 0 Å². The standard InChI is InChI=1S/C17H16N2O6/c1-2-24-15-6-4-3-5-13(15)17(21)25-10-12-8-7-11(16(18)20)9-14(12)19(22)23/h3-9H,2,10H2,1H3,(H2,18,20). The number of hydrogen-bond acceptors (Lipinski definition) is 6. The van der Waals surface area contributed by atoms with E-state index in [4.69, 9.17) is 15.2 Å². The Morgan fingerprint density at radius 1 is 1.20 bits per heavy atom. The summed E-state index contributed by atoms with van der Waals surface area (Å²) in [5, 5.41) is 11.1. The van der Waals surface area contributed by atoms with E-state index in [9.17, 15) is 19.7 Å². The molecule has 130 valence electrons. The highest BCUT2D eigenvalue weighted by Crippen LogP contribution is 2.23. The van der Waals surface area contributed by atoms with Crippen molar-refractivity contribution in [2.24, 2.45) is 5.73 Å². The van der Waals surface area contributed by atoms with E-state index < -0.39 is 16.8 Å². The summed E-state index contributed by atoms with van der Waals surface area (Å²) in [6, 6.07) is 10.3. The molecule has 1 amide bonds. The average Bonchev–Trinajstić information content (AvgIpc) is 2.60. The van der Waals surface area contributed by atoms with Gasteiger partial charge in [-0.25, -0.2) is 4.79 Å². The Hall–Kier alpha value is -3.42. The molecule has 2 rings (SSSR count). The van der Waals surface area contributed by atoms with Crippen molar-refractivity contribution in [1.29, 1.82) is 0 Å². The van der Waals surface area contributed by atoms with Crippen LogP contribution in [0.5, 0.6) is 5.75 Å². The van der Waals surface area contributed by atoms with Gasteiger partial charge in [0.05, 0.1) is 17.1 Å². The zero-order valence-corrected chi connectivity index (χ0v) is 13.4. The van der Waals surface area contributed by atoms with Crippen LogP contribution in [0.3, 0.4) is 0 Å². The van der Waals surface area contributed by atoms with Gasteiger partial charge in [0, 0.05) is 11.6 Å². The summed E-state index contributed by atoms with van der Waals surface area (Å²) in [5.41, 5.74) is 5.15. The van der Waals surface area contributed by atoms with Gasteiger partial charge < -0.3 is 15.2 Å². The van der Waals surface area contributed by atoms with E-state index in [1.807, 2.05) is 0 Å². The van der Waals surface area contributed by atoms with E-state index in [2.05, 4.69) is 0 Å². The van der Waals surface area contributed by atoms with Crippen LogP contribution in [0.1, 0.15) is 33.2 Å². The summed E-state index contributed by atoms with van der Waals surface area (Å²) in [6.07, 6.45) is 0. The smallest absolute Gasteiger partial charge is 0.342 e. The van der Waals surface area contributed by atoms with Crippen LogP contribution in [0.4, 0.5) is 5.69 Å². The monoisotopic (exact) mass is 344 g/mol. The van der Waals surface area contributed by atoms with Gasteiger partial charge in [-0.2, -0.15) is 0 Å². The Bertz CT molecular complexity index is 819. The molecule has 25 heavy (non-hydrogen) atoms. The Morgan fingerprint density at radius 2 is 1.92 bits per heavy atom. The summed E-state index contributed by atoms with van der Waals surface area (Å²) in [5.74, 6) is -1.08. The number of primary amides is 1. The summed E-state index contributed by atoms with van der Waals surface area (Å²) in [4.78, 5) is 33.8. The van der Waals surface area contributed by atoms with Crippen LogP contribution >= 0.6 is 0 Å². The first kappa shape index (κ1) is 17.9. The first-order valence-corrected chi connectivity index (χ1v) is 7.40. The number of para-hydroxylation sites is 1. The number of nitro benzene ring substituents is 1. The number of benzene rings is 2. The van der Waals surface area contributed by atoms with Gasteiger partial charge in [-0.15, -0.1) is 0 Å². The fourth-order valence-corrected chi connectivity index (χ4v) is 2.15. The van der Waals surface area contributed by atoms with Crippen LogP contribution in [-0.4, -0.2) is 23.4 Å². The van der Waals surface area contributed by atoms with Crippen LogP contribution in [0, 0.1) is 10.1 Å². The molecule has 0 bridgehead atoms. The van der Waals surface area contributed by atoms with Crippen molar-refractivity contribution < 1.29 is 24.0 Å². The molecule has 0 spiro atoms. The normalized spacial score (nSPS) is 10.1. The molecule has 2 aromatic carbocycles. The first-order chi connectivity index (χ1) is 11.9. The molecule has 0 aliphatic heterocycles. The highest BCUT2D eigenvalue weighted by atomic mass is 16.6. The lowest BCUT2D eigenvalue weighted by Gasteiger charge is -2.10. The van der Waals surface area contributed by atoms with Gasteiger partial charge in [0.15, 0.2) is 0 Å². The number of nitrogens with zero attached hydrogens (tertiary/aromatic N) is 1. The maximum Gasteiger partial charge on any atom is 0.342 e. The van der Waals surface area contributed by atoms with Gasteiger partial charge in [-0.3, -0.25) is 14.9 Å². The summed E-state index contributed by atoms with van der Waals surface area (Å²) >= 11 is 0. The molecule has 0 radical (unpaired) electrons. The van der Waals surface area contributed by atoms with E-state index in [1.54, 1.807) is 25.1 Å². The SMILES string of the molecule is CCOc1ccccc1C(=O)OCc1ccc(C(N)=O)cc1[N+](=O)[O-]. The Kier molecular flexibility index (Phi) is 5.67. The number of esters is 1. The Morgan fingerprint density at radius 3 is 2.56 bits per heavy atom. The molecular formula is C17H16N2O6. The van der Waals surface area contributed by atoms with E-state index in [0.29, 0.717) is 12.4 Å². The topological polar surface area (TPSA) is 122 Å². The number of rotatable bonds is 7. The highest BCUT2D eigenvalue weighted by molar-refractivity contribution is 5.94. The van der Waals surface area contributed by atoms with Crippen molar-refractivity contribution >= 4 is 17.6 Å². The van der Waals surface area contributed by atoms with Gasteiger partial charge in [-0.05, 0) is 31.2 Å². The predicted octanol–water partition coefficient (Wildman–Crippen LogP) is 2.45. The average molecular weight is 344 g/mol. The zero-order valence-electron chi connectivity index (χ0n) is 13.4. The molecule has 8 nitrogen and oxygen atoms in total. The van der Waals surface area contributed by atoms with E-state index in [-0.39, 0.29) is 29.0 Å². The molecule has 8 heteroatoms. The summed E-state index contributed by atoms with van der Waals surface area (Å²) in [6.45, 7) is 1.84. The largest absolute Gasteiger partial charge is 0.493 e. The second-order valence-corrected chi connectivity index (χ2v) is 4.97. The van der Waals surface area contributed by atoms with Gasteiger partial charge >= 0.3 is 5.97 Å². The third-order valence-corrected chi connectivity index (χ3v) is 3.33.